The summed E-state index contributed by atoms with van der Waals surface area (Å²) in [6.45, 7) is 4.27. The highest BCUT2D eigenvalue weighted by molar-refractivity contribution is 6.27. The molecular formula is C28H32N4O5. The van der Waals surface area contributed by atoms with E-state index in [4.69, 9.17) is 24.8 Å². The monoisotopic (exact) mass is 504 g/mol. The van der Waals surface area contributed by atoms with Crippen molar-refractivity contribution in [3.63, 3.8) is 0 Å². The van der Waals surface area contributed by atoms with E-state index in [2.05, 4.69) is 45.4 Å². The average molecular weight is 505 g/mol. The van der Waals surface area contributed by atoms with Crippen LogP contribution in [0, 0.1) is 0 Å². The fraction of sp³-hybridized carbons (Fsp3) is 0.357. The first-order chi connectivity index (χ1) is 17.9. The van der Waals surface area contributed by atoms with E-state index in [-0.39, 0.29) is 5.91 Å². The summed E-state index contributed by atoms with van der Waals surface area (Å²) in [7, 11) is 0. The van der Waals surface area contributed by atoms with Gasteiger partial charge in [-0.05, 0) is 44.0 Å². The van der Waals surface area contributed by atoms with Crippen molar-refractivity contribution < 1.29 is 24.6 Å². The number of likely N-dealkylation sites (tertiary alicyclic amines) is 1. The molecule has 0 atom stereocenters. The Kier molecular flexibility index (Phi) is 8.68. The maximum Gasteiger partial charge on any atom is 0.414 e. The molecule has 0 spiro atoms. The zero-order chi connectivity index (χ0) is 26.2. The Bertz CT molecular complexity index is 1240. The van der Waals surface area contributed by atoms with E-state index in [1.165, 1.54) is 36.8 Å². The highest BCUT2D eigenvalue weighted by Crippen LogP contribution is 2.38. The number of para-hydroxylation sites is 1. The number of nitrogens with one attached hydrogen (secondary N) is 1. The maximum absolute atomic E-state index is 13.0. The zero-order valence-corrected chi connectivity index (χ0v) is 20.7. The Balaban J connectivity index is 0.000000480. The van der Waals surface area contributed by atoms with Crippen molar-refractivity contribution in [1.82, 2.24) is 9.88 Å². The van der Waals surface area contributed by atoms with E-state index < -0.39 is 11.9 Å². The van der Waals surface area contributed by atoms with Gasteiger partial charge in [0.15, 0.2) is 0 Å². The van der Waals surface area contributed by atoms with E-state index in [1.54, 1.807) is 0 Å². The number of pyridine rings is 1. The van der Waals surface area contributed by atoms with E-state index in [9.17, 15) is 4.79 Å². The van der Waals surface area contributed by atoms with Gasteiger partial charge in [-0.3, -0.25) is 9.69 Å². The van der Waals surface area contributed by atoms with Crippen LogP contribution in [0.4, 0.5) is 11.5 Å². The molecular weight excluding hydrogens is 472 g/mol. The summed E-state index contributed by atoms with van der Waals surface area (Å²) < 4.78 is 0. The van der Waals surface area contributed by atoms with Gasteiger partial charge < -0.3 is 20.4 Å². The molecule has 5 rings (SSSR count). The summed E-state index contributed by atoms with van der Waals surface area (Å²) in [5, 5.41) is 19.1. The topological polar surface area (TPSA) is 123 Å². The molecule has 2 aliphatic rings. The molecule has 2 aliphatic heterocycles. The van der Waals surface area contributed by atoms with Gasteiger partial charge in [-0.25, -0.2) is 14.6 Å². The standard InChI is InChI=1S/C26H30N4O.C2H2O4/c31-24(19-29-15-8-1-2-9-16-29)28-25-21-12-6-7-13-23(21)27-26-22(25)14-17-30(26)18-20-10-4-3-5-11-20;3-1(4)2(5)6/h3-7,10-13H,1-2,8-9,14-19H2,(H,27,28,31);(H,3,4)(H,5,6). The van der Waals surface area contributed by atoms with Gasteiger partial charge in [0, 0.05) is 24.0 Å². The Morgan fingerprint density at radius 2 is 1.49 bits per heavy atom. The smallest absolute Gasteiger partial charge is 0.414 e. The molecule has 1 aromatic heterocycles. The van der Waals surface area contributed by atoms with Crippen molar-refractivity contribution in [3.8, 4) is 0 Å². The van der Waals surface area contributed by atoms with Gasteiger partial charge in [0.05, 0.1) is 17.7 Å². The van der Waals surface area contributed by atoms with Crippen LogP contribution in [-0.2, 0) is 27.3 Å². The van der Waals surface area contributed by atoms with Crippen LogP contribution in [0.3, 0.4) is 0 Å². The number of carboxylic acid groups (broad SMARTS) is 2. The number of carboxylic acids is 2. The number of amides is 1. The first kappa shape index (κ1) is 26.1. The van der Waals surface area contributed by atoms with Gasteiger partial charge in [0.25, 0.3) is 0 Å². The van der Waals surface area contributed by atoms with Gasteiger partial charge in [0.2, 0.25) is 5.91 Å². The van der Waals surface area contributed by atoms with Crippen LogP contribution in [0.15, 0.2) is 54.6 Å². The summed E-state index contributed by atoms with van der Waals surface area (Å²) in [6, 6.07) is 18.7. The Labute approximate surface area is 215 Å². The van der Waals surface area contributed by atoms with Gasteiger partial charge in [-0.15, -0.1) is 0 Å². The van der Waals surface area contributed by atoms with Crippen LogP contribution in [0.5, 0.6) is 0 Å². The van der Waals surface area contributed by atoms with Crippen molar-refractivity contribution in [1.29, 1.82) is 0 Å². The van der Waals surface area contributed by atoms with E-state index in [1.807, 2.05) is 24.3 Å². The number of benzene rings is 2. The van der Waals surface area contributed by atoms with Crippen LogP contribution in [0.1, 0.15) is 36.8 Å². The SMILES string of the molecule is O=C(CN1CCCCCC1)Nc1c2c(nc3ccccc13)N(Cc1ccccc1)CC2.O=C(O)C(=O)O. The van der Waals surface area contributed by atoms with Crippen molar-refractivity contribution >= 4 is 40.3 Å². The highest BCUT2D eigenvalue weighted by atomic mass is 16.4. The molecule has 1 fully saturated rings. The summed E-state index contributed by atoms with van der Waals surface area (Å²) in [5.41, 5.74) is 4.33. The molecule has 3 heterocycles. The van der Waals surface area contributed by atoms with Crippen molar-refractivity contribution in [2.45, 2.75) is 38.6 Å². The highest BCUT2D eigenvalue weighted by Gasteiger charge is 2.27. The molecule has 0 bridgehead atoms. The van der Waals surface area contributed by atoms with Gasteiger partial charge >= 0.3 is 11.9 Å². The molecule has 0 radical (unpaired) electrons. The minimum absolute atomic E-state index is 0.0852. The van der Waals surface area contributed by atoms with Crippen LogP contribution in [-0.4, -0.2) is 64.1 Å². The quantitative estimate of drug-likeness (QED) is 0.449. The number of carbonyl (C=O) groups is 3. The Morgan fingerprint density at radius 1 is 0.838 bits per heavy atom. The molecule has 3 N–H and O–H groups in total. The number of hydrogen-bond donors (Lipinski definition) is 3. The number of aliphatic carboxylic acids is 2. The molecule has 37 heavy (non-hydrogen) atoms. The lowest BCUT2D eigenvalue weighted by Crippen LogP contribution is -2.34. The van der Waals surface area contributed by atoms with Crippen LogP contribution < -0.4 is 10.2 Å². The minimum atomic E-state index is -1.82. The van der Waals surface area contributed by atoms with Gasteiger partial charge in [-0.2, -0.15) is 0 Å². The molecule has 0 saturated carbocycles. The van der Waals surface area contributed by atoms with Crippen molar-refractivity contribution in [2.24, 2.45) is 0 Å². The third kappa shape index (κ3) is 6.83. The largest absolute Gasteiger partial charge is 0.473 e. The fourth-order valence-corrected chi connectivity index (χ4v) is 4.87. The number of nitrogens with zero attached hydrogens (tertiary/aromatic N) is 3. The Morgan fingerprint density at radius 3 is 2.16 bits per heavy atom. The number of rotatable bonds is 5. The van der Waals surface area contributed by atoms with E-state index >= 15 is 0 Å². The molecule has 1 saturated heterocycles. The molecule has 1 amide bonds. The number of aromatic nitrogens is 1. The number of anilines is 2. The van der Waals surface area contributed by atoms with E-state index in [0.29, 0.717) is 6.54 Å². The predicted octanol–water partition coefficient (Wildman–Crippen LogP) is 3.77. The third-order valence-electron chi connectivity index (χ3n) is 6.63. The fourth-order valence-electron chi connectivity index (χ4n) is 4.87. The first-order valence-electron chi connectivity index (χ1n) is 12.6. The number of carbonyl (C=O) groups excluding carboxylic acids is 1. The lowest BCUT2D eigenvalue weighted by molar-refractivity contribution is -0.159. The lowest BCUT2D eigenvalue weighted by Gasteiger charge is -2.21. The molecule has 0 unspecified atom stereocenters. The number of hydrogen-bond acceptors (Lipinski definition) is 6. The summed E-state index contributed by atoms with van der Waals surface area (Å²) in [4.78, 5) is 40.8. The summed E-state index contributed by atoms with van der Waals surface area (Å²) in [5.74, 6) is -2.56. The molecule has 0 aliphatic carbocycles. The van der Waals surface area contributed by atoms with Crippen LogP contribution >= 0.6 is 0 Å². The second-order valence-electron chi connectivity index (χ2n) is 9.31. The average Bonchev–Trinajstić information content (AvgIpc) is 3.10. The van der Waals surface area contributed by atoms with Crippen molar-refractivity contribution in [3.05, 3.63) is 65.7 Å². The van der Waals surface area contributed by atoms with Crippen LogP contribution in [0.2, 0.25) is 0 Å². The second-order valence-corrected chi connectivity index (χ2v) is 9.31. The molecule has 9 heteroatoms. The van der Waals surface area contributed by atoms with Crippen molar-refractivity contribution in [2.75, 3.05) is 36.4 Å². The number of fused-ring (bicyclic) bond motifs is 2. The summed E-state index contributed by atoms with van der Waals surface area (Å²) >= 11 is 0. The predicted molar refractivity (Wildman–Crippen MR) is 142 cm³/mol. The van der Waals surface area contributed by atoms with E-state index in [0.717, 1.165) is 55.0 Å². The molecule has 2 aromatic carbocycles. The van der Waals surface area contributed by atoms with Gasteiger partial charge in [0.1, 0.15) is 5.82 Å². The minimum Gasteiger partial charge on any atom is -0.473 e. The third-order valence-corrected chi connectivity index (χ3v) is 6.63. The molecule has 3 aromatic rings. The molecule has 194 valence electrons. The molecule has 9 nitrogen and oxygen atoms in total. The normalized spacial score (nSPS) is 15.3. The van der Waals surface area contributed by atoms with Gasteiger partial charge in [-0.1, -0.05) is 61.4 Å². The maximum atomic E-state index is 13.0. The first-order valence-corrected chi connectivity index (χ1v) is 12.6. The zero-order valence-electron chi connectivity index (χ0n) is 20.7. The van der Waals surface area contributed by atoms with Crippen LogP contribution in [0.25, 0.3) is 10.9 Å². The summed E-state index contributed by atoms with van der Waals surface area (Å²) in [6.07, 6.45) is 5.83. The Hall–Kier alpha value is -3.98. The lowest BCUT2D eigenvalue weighted by atomic mass is 10.1. The second kappa shape index (κ2) is 12.3.